The molecule has 0 bridgehead atoms. The predicted octanol–water partition coefficient (Wildman–Crippen LogP) is 2.61. The zero-order valence-electron chi connectivity index (χ0n) is 16.5. The van der Waals surface area contributed by atoms with Crippen LogP contribution in [0.4, 0.5) is 11.4 Å². The van der Waals surface area contributed by atoms with E-state index in [1.807, 2.05) is 24.3 Å². The Kier molecular flexibility index (Phi) is 6.76. The van der Waals surface area contributed by atoms with E-state index in [1.54, 1.807) is 24.3 Å². The molecule has 156 valence electrons. The summed E-state index contributed by atoms with van der Waals surface area (Å²) in [5.41, 5.74) is 7.46. The maximum absolute atomic E-state index is 12.7. The van der Waals surface area contributed by atoms with Crippen molar-refractivity contribution in [3.8, 4) is 5.75 Å². The van der Waals surface area contributed by atoms with E-state index >= 15 is 0 Å². The van der Waals surface area contributed by atoms with Gasteiger partial charge in [0.1, 0.15) is 12.4 Å². The lowest BCUT2D eigenvalue weighted by Gasteiger charge is -2.31. The molecule has 0 unspecified atom stereocenters. The number of carbonyl (C=O) groups excluding carboxylic acids is 1. The van der Waals surface area contributed by atoms with Gasteiger partial charge in [0.05, 0.1) is 6.26 Å². The number of benzene rings is 2. The van der Waals surface area contributed by atoms with Gasteiger partial charge < -0.3 is 10.5 Å². The minimum Gasteiger partial charge on any atom is -0.492 e. The van der Waals surface area contributed by atoms with Crippen LogP contribution in [0, 0.1) is 5.92 Å². The summed E-state index contributed by atoms with van der Waals surface area (Å²) < 4.78 is 30.7. The second-order valence-corrected chi connectivity index (χ2v) is 9.10. The number of hydrogen-bond donors (Lipinski definition) is 2. The number of nitrogens with one attached hydrogen (secondary N) is 1. The van der Waals surface area contributed by atoms with Crippen LogP contribution in [0.3, 0.4) is 0 Å². The highest BCUT2D eigenvalue weighted by molar-refractivity contribution is 7.92. The number of hydrogen-bond acceptors (Lipinski definition) is 6. The first-order valence-corrected chi connectivity index (χ1v) is 11.5. The summed E-state index contributed by atoms with van der Waals surface area (Å²) in [6, 6.07) is 14.0. The number of ether oxygens (including phenoxy) is 1. The van der Waals surface area contributed by atoms with Gasteiger partial charge in [0.15, 0.2) is 5.78 Å². The third kappa shape index (κ3) is 6.47. The molecule has 29 heavy (non-hydrogen) atoms. The first kappa shape index (κ1) is 21.1. The van der Waals surface area contributed by atoms with Gasteiger partial charge in [-0.3, -0.25) is 14.4 Å². The number of carbonyl (C=O) groups is 1. The normalized spacial score (nSPS) is 15.8. The van der Waals surface area contributed by atoms with Crippen molar-refractivity contribution in [2.45, 2.75) is 12.8 Å². The second-order valence-electron chi connectivity index (χ2n) is 7.35. The largest absolute Gasteiger partial charge is 0.492 e. The lowest BCUT2D eigenvalue weighted by Crippen LogP contribution is -2.38. The van der Waals surface area contributed by atoms with Gasteiger partial charge in [0, 0.05) is 29.4 Å². The molecule has 1 aliphatic rings. The molecular formula is C21H27N3O4S. The summed E-state index contributed by atoms with van der Waals surface area (Å²) in [5, 5.41) is 0. The number of nitrogens with zero attached hydrogens (tertiary/aromatic N) is 1. The minimum absolute atomic E-state index is 0.00187. The third-order valence-electron chi connectivity index (χ3n) is 4.99. The van der Waals surface area contributed by atoms with Crippen LogP contribution in [0.2, 0.25) is 0 Å². The number of ketones is 1. The van der Waals surface area contributed by atoms with E-state index in [1.165, 1.54) is 0 Å². The standard InChI is InChI=1S/C21H27N3O4S/c1-29(26,27)23-19-6-2-16(3-7-19)21(25)17-10-12-24(13-11-17)14-15-28-20-8-4-18(22)5-9-20/h2-9,17,23H,10-15,22H2,1H3. The first-order chi connectivity index (χ1) is 13.8. The van der Waals surface area contributed by atoms with E-state index in [9.17, 15) is 13.2 Å². The van der Waals surface area contributed by atoms with E-state index < -0.39 is 10.0 Å². The highest BCUT2D eigenvalue weighted by Gasteiger charge is 2.25. The van der Waals surface area contributed by atoms with E-state index in [-0.39, 0.29) is 11.7 Å². The van der Waals surface area contributed by atoms with Crippen molar-refractivity contribution in [3.63, 3.8) is 0 Å². The van der Waals surface area contributed by atoms with Crippen LogP contribution >= 0.6 is 0 Å². The average Bonchev–Trinajstić information content (AvgIpc) is 2.69. The van der Waals surface area contributed by atoms with Gasteiger partial charge >= 0.3 is 0 Å². The summed E-state index contributed by atoms with van der Waals surface area (Å²) >= 11 is 0. The van der Waals surface area contributed by atoms with Gasteiger partial charge in [-0.2, -0.15) is 0 Å². The van der Waals surface area contributed by atoms with E-state index in [2.05, 4.69) is 9.62 Å². The number of piperidine rings is 1. The Morgan fingerprint density at radius 3 is 2.31 bits per heavy atom. The summed E-state index contributed by atoms with van der Waals surface area (Å²) in [6.45, 7) is 3.12. The quantitative estimate of drug-likeness (QED) is 0.506. The summed E-state index contributed by atoms with van der Waals surface area (Å²) in [6.07, 6.45) is 2.72. The molecule has 3 rings (SSSR count). The van der Waals surface area contributed by atoms with E-state index in [0.29, 0.717) is 23.5 Å². The van der Waals surface area contributed by atoms with Crippen molar-refractivity contribution < 1.29 is 17.9 Å². The van der Waals surface area contributed by atoms with Gasteiger partial charge in [0.2, 0.25) is 10.0 Å². The van der Waals surface area contributed by atoms with Crippen LogP contribution in [0.15, 0.2) is 48.5 Å². The fourth-order valence-corrected chi connectivity index (χ4v) is 3.99. The molecule has 2 aromatic rings. The molecule has 1 heterocycles. The Balaban J connectivity index is 1.43. The summed E-state index contributed by atoms with van der Waals surface area (Å²) in [4.78, 5) is 15.0. The first-order valence-electron chi connectivity index (χ1n) is 9.63. The molecule has 0 atom stereocenters. The van der Waals surface area contributed by atoms with Crippen LogP contribution in [0.25, 0.3) is 0 Å². The lowest BCUT2D eigenvalue weighted by atomic mass is 9.89. The Morgan fingerprint density at radius 1 is 1.10 bits per heavy atom. The fraction of sp³-hybridized carbons (Fsp3) is 0.381. The van der Waals surface area contributed by atoms with Crippen LogP contribution in [0.5, 0.6) is 5.75 Å². The van der Waals surface area contributed by atoms with Gasteiger partial charge in [-0.05, 0) is 74.5 Å². The predicted molar refractivity (Wildman–Crippen MR) is 115 cm³/mol. The molecule has 1 fully saturated rings. The Hall–Kier alpha value is -2.58. The molecule has 0 saturated carbocycles. The SMILES string of the molecule is CS(=O)(=O)Nc1ccc(C(=O)C2CCN(CCOc3ccc(N)cc3)CC2)cc1. The zero-order chi connectivity index (χ0) is 20.9. The van der Waals surface area contributed by atoms with Crippen molar-refractivity contribution in [2.24, 2.45) is 5.92 Å². The average molecular weight is 418 g/mol. The third-order valence-corrected chi connectivity index (χ3v) is 5.59. The lowest BCUT2D eigenvalue weighted by molar-refractivity contribution is 0.0827. The maximum Gasteiger partial charge on any atom is 0.229 e. The van der Waals surface area contributed by atoms with Crippen LogP contribution in [0.1, 0.15) is 23.2 Å². The molecule has 3 N–H and O–H groups in total. The minimum atomic E-state index is -3.32. The molecule has 2 aromatic carbocycles. The van der Waals surface area contributed by atoms with E-state index in [0.717, 1.165) is 44.5 Å². The number of sulfonamides is 1. The van der Waals surface area contributed by atoms with Gasteiger partial charge in [-0.25, -0.2) is 8.42 Å². The second kappa shape index (κ2) is 9.28. The number of anilines is 2. The highest BCUT2D eigenvalue weighted by Crippen LogP contribution is 2.23. The topological polar surface area (TPSA) is 102 Å². The van der Waals surface area contributed by atoms with E-state index in [4.69, 9.17) is 10.5 Å². The molecule has 0 aromatic heterocycles. The van der Waals surface area contributed by atoms with Crippen molar-refractivity contribution in [1.82, 2.24) is 4.90 Å². The number of Topliss-reactive ketones (excluding diaryl/α,β-unsaturated/α-hetero) is 1. The van der Waals surface area contributed by atoms with Crippen LogP contribution in [-0.4, -0.2) is 51.6 Å². The molecule has 0 amide bonds. The van der Waals surface area contributed by atoms with Crippen molar-refractivity contribution in [3.05, 3.63) is 54.1 Å². The number of likely N-dealkylation sites (tertiary alicyclic amines) is 1. The number of nitrogens with two attached hydrogens (primary N) is 1. The van der Waals surface area contributed by atoms with Crippen LogP contribution in [-0.2, 0) is 10.0 Å². The Bertz CT molecular complexity index is 919. The molecular weight excluding hydrogens is 390 g/mol. The Morgan fingerprint density at radius 2 is 1.72 bits per heavy atom. The van der Waals surface area contributed by atoms with Gasteiger partial charge in [-0.1, -0.05) is 0 Å². The molecule has 0 aliphatic carbocycles. The van der Waals surface area contributed by atoms with Crippen molar-refractivity contribution >= 4 is 27.2 Å². The van der Waals surface area contributed by atoms with Crippen molar-refractivity contribution in [1.29, 1.82) is 0 Å². The monoisotopic (exact) mass is 417 g/mol. The molecule has 0 radical (unpaired) electrons. The molecule has 0 spiro atoms. The smallest absolute Gasteiger partial charge is 0.229 e. The zero-order valence-corrected chi connectivity index (χ0v) is 17.3. The highest BCUT2D eigenvalue weighted by atomic mass is 32.2. The number of rotatable bonds is 8. The Labute approximate surface area is 171 Å². The number of nitrogen functional groups attached to an aromatic ring is 1. The van der Waals surface area contributed by atoms with Gasteiger partial charge in [-0.15, -0.1) is 0 Å². The fourth-order valence-electron chi connectivity index (χ4n) is 3.43. The molecule has 1 aliphatic heterocycles. The summed E-state index contributed by atoms with van der Waals surface area (Å²) in [7, 11) is -3.32. The molecule has 1 saturated heterocycles. The van der Waals surface area contributed by atoms with Gasteiger partial charge in [0.25, 0.3) is 0 Å². The van der Waals surface area contributed by atoms with Crippen molar-refractivity contribution in [2.75, 3.05) is 43.0 Å². The maximum atomic E-state index is 12.7. The molecule has 8 heteroatoms. The summed E-state index contributed by atoms with van der Waals surface area (Å²) in [5.74, 6) is 0.921. The van der Waals surface area contributed by atoms with Crippen LogP contribution < -0.4 is 15.2 Å². The molecule has 7 nitrogen and oxygen atoms in total.